The molecule has 0 unspecified atom stereocenters. The van der Waals surface area contributed by atoms with Gasteiger partial charge in [-0.2, -0.15) is 5.10 Å². The van der Waals surface area contributed by atoms with Gasteiger partial charge in [0.15, 0.2) is 5.75 Å². The minimum atomic E-state index is 0.500. The molecule has 0 N–H and O–H groups in total. The molecule has 1 fully saturated rings. The molecule has 0 amide bonds. The lowest BCUT2D eigenvalue weighted by molar-refractivity contribution is 0.293. The van der Waals surface area contributed by atoms with Gasteiger partial charge in [-0.15, -0.1) is 0 Å². The first-order valence-corrected chi connectivity index (χ1v) is 7.65. The van der Waals surface area contributed by atoms with Crippen LogP contribution in [0.3, 0.4) is 0 Å². The molecule has 2 aromatic rings. The molecule has 0 aliphatic heterocycles. The molecule has 3 rings (SSSR count). The van der Waals surface area contributed by atoms with Crippen LogP contribution in [0.2, 0.25) is 0 Å². The second kappa shape index (κ2) is 6.66. The van der Waals surface area contributed by atoms with Gasteiger partial charge in [-0.3, -0.25) is 4.68 Å². The third-order valence-electron chi connectivity index (χ3n) is 4.11. The van der Waals surface area contributed by atoms with Crippen molar-refractivity contribution in [1.82, 2.24) is 9.78 Å². The number of hydrogen-bond acceptors (Lipinski definition) is 3. The largest absolute Gasteiger partial charge is 0.496 e. The van der Waals surface area contributed by atoms with Crippen molar-refractivity contribution in [2.45, 2.75) is 44.8 Å². The third kappa shape index (κ3) is 3.38. The van der Waals surface area contributed by atoms with E-state index in [0.717, 1.165) is 17.1 Å². The average Bonchev–Trinajstić information content (AvgIpc) is 3.03. The van der Waals surface area contributed by atoms with E-state index in [4.69, 9.17) is 9.47 Å². The zero-order valence-corrected chi connectivity index (χ0v) is 12.5. The van der Waals surface area contributed by atoms with Crippen LogP contribution in [0.25, 0.3) is 0 Å². The van der Waals surface area contributed by atoms with Gasteiger partial charge in [-0.1, -0.05) is 37.5 Å². The van der Waals surface area contributed by atoms with Crippen molar-refractivity contribution in [3.05, 3.63) is 42.2 Å². The Kier molecular flexibility index (Phi) is 4.43. The van der Waals surface area contributed by atoms with Gasteiger partial charge < -0.3 is 9.47 Å². The summed E-state index contributed by atoms with van der Waals surface area (Å²) in [5.41, 5.74) is 1.05. The summed E-state index contributed by atoms with van der Waals surface area (Å²) in [5.74, 6) is 1.68. The Labute approximate surface area is 125 Å². The zero-order valence-electron chi connectivity index (χ0n) is 12.5. The SMILES string of the molecule is COc1ccccc1COc1cnn(C2CCCCC2)c1. The topological polar surface area (TPSA) is 36.3 Å². The summed E-state index contributed by atoms with van der Waals surface area (Å²) in [7, 11) is 1.68. The fourth-order valence-corrected chi connectivity index (χ4v) is 2.92. The summed E-state index contributed by atoms with van der Waals surface area (Å²) in [5, 5.41) is 4.46. The molecule has 0 bridgehead atoms. The van der Waals surface area contributed by atoms with Crippen molar-refractivity contribution in [2.24, 2.45) is 0 Å². The molecule has 1 aromatic carbocycles. The number of rotatable bonds is 5. The highest BCUT2D eigenvalue weighted by molar-refractivity contribution is 5.33. The highest BCUT2D eigenvalue weighted by Gasteiger charge is 2.16. The van der Waals surface area contributed by atoms with Crippen LogP contribution < -0.4 is 9.47 Å². The molecule has 1 heterocycles. The first-order valence-electron chi connectivity index (χ1n) is 7.65. The minimum absolute atomic E-state index is 0.500. The van der Waals surface area contributed by atoms with E-state index >= 15 is 0 Å². The molecule has 1 saturated carbocycles. The van der Waals surface area contributed by atoms with Crippen LogP contribution in [0.1, 0.15) is 43.7 Å². The second-order valence-electron chi connectivity index (χ2n) is 5.55. The van der Waals surface area contributed by atoms with E-state index in [2.05, 4.69) is 9.78 Å². The number of aromatic nitrogens is 2. The Morgan fingerprint density at radius 2 is 2.00 bits per heavy atom. The first kappa shape index (κ1) is 14.0. The van der Waals surface area contributed by atoms with Gasteiger partial charge in [0.25, 0.3) is 0 Å². The van der Waals surface area contributed by atoms with E-state index in [1.54, 1.807) is 7.11 Å². The van der Waals surface area contributed by atoms with Crippen molar-refractivity contribution < 1.29 is 9.47 Å². The van der Waals surface area contributed by atoms with Crippen LogP contribution in [0, 0.1) is 0 Å². The van der Waals surface area contributed by atoms with Crippen LogP contribution in [-0.2, 0) is 6.61 Å². The van der Waals surface area contributed by atoms with E-state index in [1.807, 2.05) is 36.7 Å². The molecule has 1 aliphatic rings. The number of hydrogen-bond donors (Lipinski definition) is 0. The second-order valence-corrected chi connectivity index (χ2v) is 5.55. The average molecular weight is 286 g/mol. The summed E-state index contributed by atoms with van der Waals surface area (Å²) in [6.07, 6.45) is 10.3. The summed E-state index contributed by atoms with van der Waals surface area (Å²) in [4.78, 5) is 0. The van der Waals surface area contributed by atoms with Crippen LogP contribution in [0.5, 0.6) is 11.5 Å². The molecule has 0 saturated heterocycles. The maximum absolute atomic E-state index is 5.84. The monoisotopic (exact) mass is 286 g/mol. The zero-order chi connectivity index (χ0) is 14.5. The Morgan fingerprint density at radius 3 is 2.81 bits per heavy atom. The van der Waals surface area contributed by atoms with Gasteiger partial charge in [-0.05, 0) is 18.9 Å². The molecule has 4 heteroatoms. The van der Waals surface area contributed by atoms with E-state index in [0.29, 0.717) is 12.6 Å². The molecule has 1 aromatic heterocycles. The van der Waals surface area contributed by atoms with Crippen molar-refractivity contribution >= 4 is 0 Å². The standard InChI is InChI=1S/C17H22N2O2/c1-20-17-10-6-5-7-14(17)13-21-16-11-18-19(12-16)15-8-3-2-4-9-15/h5-7,10-12,15H,2-4,8-9,13H2,1H3. The molecule has 0 spiro atoms. The molecule has 0 atom stereocenters. The number of ether oxygens (including phenoxy) is 2. The molecule has 0 radical (unpaired) electrons. The summed E-state index contributed by atoms with van der Waals surface area (Å²) >= 11 is 0. The Bertz CT molecular complexity index is 574. The van der Waals surface area contributed by atoms with Gasteiger partial charge >= 0.3 is 0 Å². The quantitative estimate of drug-likeness (QED) is 0.834. The Hall–Kier alpha value is -1.97. The number of methoxy groups -OCH3 is 1. The lowest BCUT2D eigenvalue weighted by Crippen LogP contribution is -2.12. The van der Waals surface area contributed by atoms with Crippen molar-refractivity contribution in [3.63, 3.8) is 0 Å². The smallest absolute Gasteiger partial charge is 0.157 e. The van der Waals surface area contributed by atoms with Crippen molar-refractivity contribution in [3.8, 4) is 11.5 Å². The summed E-state index contributed by atoms with van der Waals surface area (Å²) in [6.45, 7) is 0.500. The van der Waals surface area contributed by atoms with Gasteiger partial charge in [0, 0.05) is 5.56 Å². The fraction of sp³-hybridized carbons (Fsp3) is 0.471. The number of para-hydroxylation sites is 1. The lowest BCUT2D eigenvalue weighted by Gasteiger charge is -2.21. The third-order valence-corrected chi connectivity index (χ3v) is 4.11. The molecule has 21 heavy (non-hydrogen) atoms. The first-order chi connectivity index (χ1) is 10.4. The van der Waals surface area contributed by atoms with Gasteiger partial charge in [-0.25, -0.2) is 0 Å². The van der Waals surface area contributed by atoms with Crippen LogP contribution >= 0.6 is 0 Å². The number of benzene rings is 1. The Balaban J connectivity index is 1.62. The predicted molar refractivity (Wildman–Crippen MR) is 81.7 cm³/mol. The molecule has 4 nitrogen and oxygen atoms in total. The molecular weight excluding hydrogens is 264 g/mol. The van der Waals surface area contributed by atoms with Crippen molar-refractivity contribution in [1.29, 1.82) is 0 Å². The summed E-state index contributed by atoms with van der Waals surface area (Å²) in [6, 6.07) is 8.47. The van der Waals surface area contributed by atoms with Gasteiger partial charge in [0.2, 0.25) is 0 Å². The van der Waals surface area contributed by atoms with E-state index in [9.17, 15) is 0 Å². The highest BCUT2D eigenvalue weighted by Crippen LogP contribution is 2.29. The van der Waals surface area contributed by atoms with E-state index in [-0.39, 0.29) is 0 Å². The number of nitrogens with zero attached hydrogens (tertiary/aromatic N) is 2. The maximum Gasteiger partial charge on any atom is 0.157 e. The highest BCUT2D eigenvalue weighted by atomic mass is 16.5. The van der Waals surface area contributed by atoms with Crippen molar-refractivity contribution in [2.75, 3.05) is 7.11 Å². The normalized spacial score (nSPS) is 15.9. The molecule has 1 aliphatic carbocycles. The molecule has 112 valence electrons. The predicted octanol–water partition coefficient (Wildman–Crippen LogP) is 3.98. The Morgan fingerprint density at radius 1 is 1.19 bits per heavy atom. The maximum atomic E-state index is 5.84. The van der Waals surface area contributed by atoms with Crippen LogP contribution in [-0.4, -0.2) is 16.9 Å². The van der Waals surface area contributed by atoms with Crippen LogP contribution in [0.4, 0.5) is 0 Å². The van der Waals surface area contributed by atoms with Gasteiger partial charge in [0.1, 0.15) is 12.4 Å². The van der Waals surface area contributed by atoms with Gasteiger partial charge in [0.05, 0.1) is 25.5 Å². The minimum Gasteiger partial charge on any atom is -0.496 e. The van der Waals surface area contributed by atoms with E-state index < -0.39 is 0 Å². The lowest BCUT2D eigenvalue weighted by atomic mass is 9.96. The van der Waals surface area contributed by atoms with Crippen LogP contribution in [0.15, 0.2) is 36.7 Å². The van der Waals surface area contributed by atoms with E-state index in [1.165, 1.54) is 32.1 Å². The summed E-state index contributed by atoms with van der Waals surface area (Å²) < 4.78 is 13.2. The molecular formula is C17H22N2O2. The fourth-order valence-electron chi connectivity index (χ4n) is 2.92.